The summed E-state index contributed by atoms with van der Waals surface area (Å²) in [6.07, 6.45) is 0.673. The summed E-state index contributed by atoms with van der Waals surface area (Å²) in [5, 5.41) is 10.4. The molecular weight excluding hydrogens is 193 g/mol. The van der Waals surface area contributed by atoms with Gasteiger partial charge in [-0.3, -0.25) is 0 Å². The molecule has 0 amide bonds. The molecule has 1 saturated heterocycles. The zero-order valence-electron chi connectivity index (χ0n) is 9.13. The van der Waals surface area contributed by atoms with E-state index in [1.807, 2.05) is 20.0 Å². The third-order valence-electron chi connectivity index (χ3n) is 3.02. The SMILES string of the molecule is Cc1cc(F)cc(C2(O)CCN(C)C2)c1. The predicted molar refractivity (Wildman–Crippen MR) is 57.1 cm³/mol. The van der Waals surface area contributed by atoms with E-state index >= 15 is 0 Å². The number of aryl methyl sites for hydroxylation is 1. The molecule has 1 unspecified atom stereocenters. The van der Waals surface area contributed by atoms with Gasteiger partial charge in [-0.05, 0) is 43.7 Å². The number of likely N-dealkylation sites (tertiary alicyclic amines) is 1. The minimum atomic E-state index is -0.873. The maximum absolute atomic E-state index is 13.2. The van der Waals surface area contributed by atoms with Gasteiger partial charge < -0.3 is 10.0 Å². The Morgan fingerprint density at radius 1 is 1.40 bits per heavy atom. The van der Waals surface area contributed by atoms with Gasteiger partial charge in [0.25, 0.3) is 0 Å². The van der Waals surface area contributed by atoms with Crippen LogP contribution in [-0.2, 0) is 5.60 Å². The van der Waals surface area contributed by atoms with E-state index < -0.39 is 5.60 Å². The van der Waals surface area contributed by atoms with E-state index in [0.717, 1.165) is 12.1 Å². The van der Waals surface area contributed by atoms with E-state index in [0.29, 0.717) is 18.5 Å². The van der Waals surface area contributed by atoms with Crippen LogP contribution in [0.2, 0.25) is 0 Å². The Bertz CT molecular complexity index is 360. The average Bonchev–Trinajstić information content (AvgIpc) is 2.46. The maximum atomic E-state index is 13.2. The second-order valence-electron chi connectivity index (χ2n) is 4.54. The minimum Gasteiger partial charge on any atom is -0.384 e. The van der Waals surface area contributed by atoms with Crippen LogP contribution in [0.4, 0.5) is 4.39 Å². The summed E-state index contributed by atoms with van der Waals surface area (Å²) in [6.45, 7) is 3.27. The number of aliphatic hydroxyl groups is 1. The zero-order valence-corrected chi connectivity index (χ0v) is 9.13. The third-order valence-corrected chi connectivity index (χ3v) is 3.02. The largest absolute Gasteiger partial charge is 0.384 e. The molecule has 3 heteroatoms. The van der Waals surface area contributed by atoms with Crippen molar-refractivity contribution in [3.05, 3.63) is 35.1 Å². The van der Waals surface area contributed by atoms with Crippen molar-refractivity contribution in [2.45, 2.75) is 18.9 Å². The van der Waals surface area contributed by atoms with Crippen LogP contribution in [0.3, 0.4) is 0 Å². The van der Waals surface area contributed by atoms with Gasteiger partial charge >= 0.3 is 0 Å². The van der Waals surface area contributed by atoms with Crippen molar-refractivity contribution in [3.8, 4) is 0 Å². The topological polar surface area (TPSA) is 23.5 Å². The lowest BCUT2D eigenvalue weighted by Crippen LogP contribution is -2.29. The highest BCUT2D eigenvalue weighted by atomic mass is 19.1. The fourth-order valence-electron chi connectivity index (χ4n) is 2.22. The molecule has 0 radical (unpaired) electrons. The van der Waals surface area contributed by atoms with Crippen molar-refractivity contribution in [3.63, 3.8) is 0 Å². The lowest BCUT2D eigenvalue weighted by atomic mass is 9.92. The monoisotopic (exact) mass is 209 g/mol. The first-order chi connectivity index (χ1) is 6.99. The van der Waals surface area contributed by atoms with Gasteiger partial charge in [-0.15, -0.1) is 0 Å². The number of rotatable bonds is 1. The number of nitrogens with zero attached hydrogens (tertiary/aromatic N) is 1. The number of hydrogen-bond acceptors (Lipinski definition) is 2. The van der Waals surface area contributed by atoms with Gasteiger partial charge in [-0.1, -0.05) is 6.07 Å². The molecule has 0 aromatic heterocycles. The number of hydrogen-bond donors (Lipinski definition) is 1. The Morgan fingerprint density at radius 2 is 2.13 bits per heavy atom. The van der Waals surface area contributed by atoms with Gasteiger partial charge in [0.05, 0.1) is 0 Å². The zero-order chi connectivity index (χ0) is 11.1. The molecule has 2 nitrogen and oxygen atoms in total. The van der Waals surface area contributed by atoms with Crippen molar-refractivity contribution in [1.29, 1.82) is 0 Å². The van der Waals surface area contributed by atoms with Gasteiger partial charge in [0.15, 0.2) is 0 Å². The lowest BCUT2D eigenvalue weighted by molar-refractivity contribution is 0.0485. The Hall–Kier alpha value is -0.930. The Balaban J connectivity index is 2.36. The standard InChI is InChI=1S/C12H16FNO/c1-9-5-10(7-11(13)6-9)12(15)3-4-14(2)8-12/h5-7,15H,3-4,8H2,1-2H3. The highest BCUT2D eigenvalue weighted by Gasteiger charge is 2.36. The van der Waals surface area contributed by atoms with Crippen LogP contribution in [0.25, 0.3) is 0 Å². The molecule has 2 rings (SSSR count). The summed E-state index contributed by atoms with van der Waals surface area (Å²) >= 11 is 0. The summed E-state index contributed by atoms with van der Waals surface area (Å²) in [5.74, 6) is -0.270. The molecule has 1 aromatic carbocycles. The summed E-state index contributed by atoms with van der Waals surface area (Å²) in [6, 6.07) is 4.78. The van der Waals surface area contributed by atoms with E-state index in [-0.39, 0.29) is 5.82 Å². The smallest absolute Gasteiger partial charge is 0.123 e. The quantitative estimate of drug-likeness (QED) is 0.760. The molecule has 15 heavy (non-hydrogen) atoms. The molecular formula is C12H16FNO. The minimum absolute atomic E-state index is 0.270. The van der Waals surface area contributed by atoms with E-state index in [1.165, 1.54) is 12.1 Å². The van der Waals surface area contributed by atoms with Crippen molar-refractivity contribution in [2.75, 3.05) is 20.1 Å². The summed E-state index contributed by atoms with van der Waals surface area (Å²) in [7, 11) is 1.96. The van der Waals surface area contributed by atoms with Crippen molar-refractivity contribution in [2.24, 2.45) is 0 Å². The van der Waals surface area contributed by atoms with Crippen LogP contribution >= 0.6 is 0 Å². The molecule has 1 aliphatic heterocycles. The van der Waals surface area contributed by atoms with Crippen molar-refractivity contribution >= 4 is 0 Å². The Labute approximate surface area is 89.3 Å². The highest BCUT2D eigenvalue weighted by molar-refractivity contribution is 5.29. The van der Waals surface area contributed by atoms with Crippen LogP contribution in [0.15, 0.2) is 18.2 Å². The summed E-state index contributed by atoms with van der Waals surface area (Å²) in [5.41, 5.74) is 0.680. The molecule has 0 bridgehead atoms. The highest BCUT2D eigenvalue weighted by Crippen LogP contribution is 2.31. The third kappa shape index (κ3) is 2.03. The van der Waals surface area contributed by atoms with Gasteiger partial charge in [-0.25, -0.2) is 4.39 Å². The number of benzene rings is 1. The second-order valence-corrected chi connectivity index (χ2v) is 4.54. The van der Waals surface area contributed by atoms with Gasteiger partial charge in [0.1, 0.15) is 11.4 Å². The molecule has 1 aromatic rings. The van der Waals surface area contributed by atoms with E-state index in [9.17, 15) is 9.50 Å². The van der Waals surface area contributed by atoms with Crippen LogP contribution < -0.4 is 0 Å². The molecule has 1 heterocycles. The van der Waals surface area contributed by atoms with E-state index in [1.54, 1.807) is 0 Å². The van der Waals surface area contributed by atoms with Crippen molar-refractivity contribution in [1.82, 2.24) is 4.90 Å². The first-order valence-corrected chi connectivity index (χ1v) is 5.18. The molecule has 1 atom stereocenters. The molecule has 1 fully saturated rings. The van der Waals surface area contributed by atoms with Crippen LogP contribution in [0.1, 0.15) is 17.5 Å². The van der Waals surface area contributed by atoms with Gasteiger partial charge in [0.2, 0.25) is 0 Å². The number of halogens is 1. The molecule has 0 saturated carbocycles. The number of likely N-dealkylation sites (N-methyl/N-ethyl adjacent to an activating group) is 1. The molecule has 0 spiro atoms. The van der Waals surface area contributed by atoms with Crippen LogP contribution in [-0.4, -0.2) is 30.1 Å². The predicted octanol–water partition coefficient (Wildman–Crippen LogP) is 1.66. The lowest BCUT2D eigenvalue weighted by Gasteiger charge is -2.23. The van der Waals surface area contributed by atoms with E-state index in [4.69, 9.17) is 0 Å². The first-order valence-electron chi connectivity index (χ1n) is 5.18. The summed E-state index contributed by atoms with van der Waals surface area (Å²) < 4.78 is 13.2. The maximum Gasteiger partial charge on any atom is 0.123 e. The van der Waals surface area contributed by atoms with E-state index in [2.05, 4.69) is 4.90 Å². The fraction of sp³-hybridized carbons (Fsp3) is 0.500. The van der Waals surface area contributed by atoms with Gasteiger partial charge in [-0.2, -0.15) is 0 Å². The summed E-state index contributed by atoms with van der Waals surface area (Å²) in [4.78, 5) is 2.06. The fourth-order valence-corrected chi connectivity index (χ4v) is 2.22. The van der Waals surface area contributed by atoms with Crippen LogP contribution in [0, 0.1) is 12.7 Å². The average molecular weight is 209 g/mol. The molecule has 1 N–H and O–H groups in total. The second kappa shape index (κ2) is 3.58. The van der Waals surface area contributed by atoms with Crippen molar-refractivity contribution < 1.29 is 9.50 Å². The van der Waals surface area contributed by atoms with Crippen LogP contribution in [0.5, 0.6) is 0 Å². The first kappa shape index (κ1) is 10.6. The van der Waals surface area contributed by atoms with Gasteiger partial charge in [0, 0.05) is 13.1 Å². The normalized spacial score (nSPS) is 27.2. The Morgan fingerprint density at radius 3 is 2.67 bits per heavy atom. The molecule has 1 aliphatic rings. The molecule has 0 aliphatic carbocycles. The molecule has 82 valence electrons. The Kier molecular flexibility index (Phi) is 2.52. The number of β-amino-alcohol motifs (C(OH)–C–C–N with tert-alkyl or cyclic N) is 1.